The molecule has 0 spiro atoms. The van der Waals surface area contributed by atoms with Crippen LogP contribution in [0.15, 0.2) is 29.3 Å². The summed E-state index contributed by atoms with van der Waals surface area (Å²) in [6, 6.07) is 7.69. The van der Waals surface area contributed by atoms with Crippen LogP contribution in [0.25, 0.3) is 0 Å². The average Bonchev–Trinajstić information content (AvgIpc) is 2.59. The van der Waals surface area contributed by atoms with E-state index in [4.69, 9.17) is 16.3 Å². The highest BCUT2D eigenvalue weighted by atomic mass is 35.5. The molecule has 0 atom stereocenters. The Kier molecular flexibility index (Phi) is 7.58. The van der Waals surface area contributed by atoms with Gasteiger partial charge in [-0.3, -0.25) is 4.99 Å². The first-order valence-corrected chi connectivity index (χ1v) is 9.15. The maximum atomic E-state index is 12.4. The predicted molar refractivity (Wildman–Crippen MR) is 97.8 cm³/mol. The Labute approximate surface area is 157 Å². The minimum absolute atomic E-state index is 0.206. The average molecular weight is 392 g/mol. The monoisotopic (exact) mass is 391 g/mol. The molecule has 0 bridgehead atoms. The van der Waals surface area contributed by atoms with Crippen LogP contribution < -0.4 is 10.6 Å². The van der Waals surface area contributed by atoms with Crippen molar-refractivity contribution in [3.8, 4) is 0 Å². The van der Waals surface area contributed by atoms with Crippen molar-refractivity contribution in [1.29, 1.82) is 0 Å². The van der Waals surface area contributed by atoms with E-state index < -0.39 is 12.6 Å². The third kappa shape index (κ3) is 6.36. The Morgan fingerprint density at radius 2 is 2.00 bits per heavy atom. The first kappa shape index (κ1) is 20.8. The molecular weight excluding hydrogens is 367 g/mol. The standard InChI is InChI=1S/C18H25ClF3N3O/c1-2-23-16(24-9-6-18(20,21)22)25-13-17(7-10-26-11-8-17)14-4-3-5-15(19)12-14/h3-5,12H,2,6-11,13H2,1H3,(H2,23,24,25). The number of rotatable bonds is 6. The summed E-state index contributed by atoms with van der Waals surface area (Å²) >= 11 is 6.15. The fraction of sp³-hybridized carbons (Fsp3) is 0.611. The Morgan fingerprint density at radius 1 is 1.27 bits per heavy atom. The summed E-state index contributed by atoms with van der Waals surface area (Å²) in [4.78, 5) is 4.56. The van der Waals surface area contributed by atoms with Crippen molar-refractivity contribution < 1.29 is 17.9 Å². The SMILES string of the molecule is CCNC(=NCC1(c2cccc(Cl)c2)CCOCC1)NCCC(F)(F)F. The summed E-state index contributed by atoms with van der Waals surface area (Å²) in [6.45, 7) is 3.95. The van der Waals surface area contributed by atoms with Crippen molar-refractivity contribution in [3.05, 3.63) is 34.9 Å². The molecule has 0 saturated carbocycles. The van der Waals surface area contributed by atoms with Gasteiger partial charge in [0.15, 0.2) is 5.96 Å². The zero-order chi connectivity index (χ0) is 19.0. The molecular formula is C18H25ClF3N3O. The number of alkyl halides is 3. The third-order valence-electron chi connectivity index (χ3n) is 4.47. The predicted octanol–water partition coefficient (Wildman–Crippen LogP) is 3.90. The molecule has 0 aromatic heterocycles. The van der Waals surface area contributed by atoms with Gasteiger partial charge in [0, 0.05) is 36.7 Å². The van der Waals surface area contributed by atoms with Gasteiger partial charge in [-0.2, -0.15) is 13.2 Å². The van der Waals surface area contributed by atoms with Crippen molar-refractivity contribution in [3.63, 3.8) is 0 Å². The molecule has 1 saturated heterocycles. The van der Waals surface area contributed by atoms with Crippen molar-refractivity contribution in [2.45, 2.75) is 37.8 Å². The molecule has 4 nitrogen and oxygen atoms in total. The zero-order valence-corrected chi connectivity index (χ0v) is 15.6. The number of nitrogens with zero attached hydrogens (tertiary/aromatic N) is 1. The Morgan fingerprint density at radius 3 is 2.62 bits per heavy atom. The van der Waals surface area contributed by atoms with E-state index in [1.807, 2.05) is 31.2 Å². The molecule has 26 heavy (non-hydrogen) atoms. The van der Waals surface area contributed by atoms with Crippen LogP contribution in [0, 0.1) is 0 Å². The number of benzene rings is 1. The maximum Gasteiger partial charge on any atom is 0.390 e. The highest BCUT2D eigenvalue weighted by Crippen LogP contribution is 2.36. The van der Waals surface area contributed by atoms with Gasteiger partial charge in [-0.25, -0.2) is 0 Å². The molecule has 2 N–H and O–H groups in total. The molecule has 0 radical (unpaired) electrons. The molecule has 1 aromatic carbocycles. The number of hydrogen-bond donors (Lipinski definition) is 2. The molecule has 1 fully saturated rings. The van der Waals surface area contributed by atoms with Crippen LogP contribution in [0.3, 0.4) is 0 Å². The molecule has 2 rings (SSSR count). The summed E-state index contributed by atoms with van der Waals surface area (Å²) in [5.74, 6) is 0.393. The topological polar surface area (TPSA) is 45.7 Å². The Bertz CT molecular complexity index is 602. The van der Waals surface area contributed by atoms with Crippen molar-refractivity contribution in [2.75, 3.05) is 32.8 Å². The molecule has 8 heteroatoms. The third-order valence-corrected chi connectivity index (χ3v) is 4.71. The fourth-order valence-corrected chi connectivity index (χ4v) is 3.20. The van der Waals surface area contributed by atoms with Crippen LogP contribution in [0.2, 0.25) is 5.02 Å². The summed E-state index contributed by atoms with van der Waals surface area (Å²) in [6.07, 6.45) is -3.50. The fourth-order valence-electron chi connectivity index (χ4n) is 3.01. The molecule has 0 amide bonds. The van der Waals surface area contributed by atoms with Crippen molar-refractivity contribution in [1.82, 2.24) is 10.6 Å². The first-order valence-electron chi connectivity index (χ1n) is 8.77. The van der Waals surface area contributed by atoms with E-state index in [-0.39, 0.29) is 12.0 Å². The number of nitrogens with one attached hydrogen (secondary N) is 2. The Hall–Kier alpha value is -1.47. The first-order chi connectivity index (χ1) is 12.3. The number of ether oxygens (including phenoxy) is 1. The van der Waals surface area contributed by atoms with E-state index in [9.17, 15) is 13.2 Å². The summed E-state index contributed by atoms with van der Waals surface area (Å²) in [7, 11) is 0. The van der Waals surface area contributed by atoms with Crippen molar-refractivity contribution in [2.24, 2.45) is 4.99 Å². The van der Waals surface area contributed by atoms with Gasteiger partial charge in [0.05, 0.1) is 13.0 Å². The molecule has 1 heterocycles. The summed E-state index contributed by atoms with van der Waals surface area (Å²) in [5.41, 5.74) is 0.860. The molecule has 0 unspecified atom stereocenters. The van der Waals surface area contributed by atoms with Crippen molar-refractivity contribution >= 4 is 17.6 Å². The minimum atomic E-state index is -4.19. The number of guanidine groups is 1. The highest BCUT2D eigenvalue weighted by Gasteiger charge is 2.34. The second-order valence-electron chi connectivity index (χ2n) is 6.39. The molecule has 0 aliphatic carbocycles. The van der Waals surface area contributed by atoms with E-state index in [1.165, 1.54) is 0 Å². The van der Waals surface area contributed by atoms with E-state index in [0.29, 0.717) is 37.3 Å². The lowest BCUT2D eigenvalue weighted by Gasteiger charge is -2.36. The molecule has 1 aromatic rings. The van der Waals surface area contributed by atoms with E-state index in [0.717, 1.165) is 18.4 Å². The number of hydrogen-bond acceptors (Lipinski definition) is 2. The second kappa shape index (κ2) is 9.46. The van der Waals surface area contributed by atoms with Gasteiger partial charge < -0.3 is 15.4 Å². The summed E-state index contributed by atoms with van der Waals surface area (Å²) in [5, 5.41) is 6.42. The van der Waals surface area contributed by atoms with Gasteiger partial charge in [0.25, 0.3) is 0 Å². The summed E-state index contributed by atoms with van der Waals surface area (Å²) < 4.78 is 42.6. The van der Waals surface area contributed by atoms with Gasteiger partial charge >= 0.3 is 6.18 Å². The molecule has 1 aliphatic heterocycles. The van der Waals surface area contributed by atoms with E-state index in [2.05, 4.69) is 15.6 Å². The lowest BCUT2D eigenvalue weighted by molar-refractivity contribution is -0.132. The van der Waals surface area contributed by atoms with Gasteiger partial charge in [0.2, 0.25) is 0 Å². The van der Waals surface area contributed by atoms with Gasteiger partial charge in [0.1, 0.15) is 0 Å². The molecule has 146 valence electrons. The van der Waals surface area contributed by atoms with E-state index in [1.54, 1.807) is 0 Å². The van der Waals surface area contributed by atoms with Gasteiger partial charge in [-0.05, 0) is 37.5 Å². The molecule has 1 aliphatic rings. The second-order valence-corrected chi connectivity index (χ2v) is 6.83. The minimum Gasteiger partial charge on any atom is -0.381 e. The van der Waals surface area contributed by atoms with Crippen LogP contribution >= 0.6 is 11.6 Å². The lowest BCUT2D eigenvalue weighted by Crippen LogP contribution is -2.42. The van der Waals surface area contributed by atoms with E-state index >= 15 is 0 Å². The normalized spacial score (nSPS) is 17.8. The zero-order valence-electron chi connectivity index (χ0n) is 14.8. The Balaban J connectivity index is 2.13. The number of aliphatic imine (C=N–C) groups is 1. The lowest BCUT2D eigenvalue weighted by atomic mass is 9.74. The largest absolute Gasteiger partial charge is 0.390 e. The number of halogens is 4. The quantitative estimate of drug-likeness (QED) is 0.571. The highest BCUT2D eigenvalue weighted by molar-refractivity contribution is 6.30. The van der Waals surface area contributed by atoms with Crippen LogP contribution in [0.1, 0.15) is 31.7 Å². The maximum absolute atomic E-state index is 12.4. The van der Waals surface area contributed by atoms with Gasteiger partial charge in [-0.1, -0.05) is 23.7 Å². The smallest absolute Gasteiger partial charge is 0.381 e. The van der Waals surface area contributed by atoms with Crippen LogP contribution in [0.4, 0.5) is 13.2 Å². The van der Waals surface area contributed by atoms with Crippen LogP contribution in [-0.2, 0) is 10.2 Å². The van der Waals surface area contributed by atoms with Crippen LogP contribution in [0.5, 0.6) is 0 Å². The van der Waals surface area contributed by atoms with Crippen LogP contribution in [-0.4, -0.2) is 45.0 Å². The van der Waals surface area contributed by atoms with Gasteiger partial charge in [-0.15, -0.1) is 0 Å².